The fourth-order valence-corrected chi connectivity index (χ4v) is 2.61. The summed E-state index contributed by atoms with van der Waals surface area (Å²) in [7, 11) is 0. The van der Waals surface area contributed by atoms with Gasteiger partial charge < -0.3 is 5.73 Å². The molecule has 2 aromatic carbocycles. The molecule has 0 saturated carbocycles. The zero-order valence-electron chi connectivity index (χ0n) is 19.5. The van der Waals surface area contributed by atoms with Gasteiger partial charge in [-0.05, 0) is 36.0 Å². The van der Waals surface area contributed by atoms with Crippen molar-refractivity contribution in [3.63, 3.8) is 0 Å². The van der Waals surface area contributed by atoms with Crippen molar-refractivity contribution in [2.24, 2.45) is 15.8 Å². The quantitative estimate of drug-likeness (QED) is 0.122. The smallest absolute Gasteiger partial charge is 0.0510 e. The van der Waals surface area contributed by atoms with E-state index in [1.165, 1.54) is 56.9 Å². The van der Waals surface area contributed by atoms with Gasteiger partial charge in [0.25, 0.3) is 0 Å². The molecule has 0 radical (unpaired) electrons. The lowest BCUT2D eigenvalue weighted by Crippen LogP contribution is -1.97. The Labute approximate surface area is 189 Å². The molecule has 0 heterocycles. The van der Waals surface area contributed by atoms with Crippen molar-refractivity contribution in [3.05, 3.63) is 82.2 Å². The average Bonchev–Trinajstić information content (AvgIpc) is 2.82. The molecule has 0 aliphatic heterocycles. The lowest BCUT2D eigenvalue weighted by Gasteiger charge is -1.94. The van der Waals surface area contributed by atoms with Gasteiger partial charge in [0.15, 0.2) is 0 Å². The summed E-state index contributed by atoms with van der Waals surface area (Å²) < 4.78 is 0. The Morgan fingerprint density at radius 3 is 1.94 bits per heavy atom. The molecule has 0 bridgehead atoms. The number of hydrogen-bond acceptors (Lipinski definition) is 3. The Bertz CT molecular complexity index is 675. The molecule has 5 heteroatoms. The molecule has 5 nitrogen and oxygen atoms in total. The van der Waals surface area contributed by atoms with Gasteiger partial charge in [-0.25, -0.2) is 0 Å². The van der Waals surface area contributed by atoms with Crippen LogP contribution < -0.4 is 5.73 Å². The highest BCUT2D eigenvalue weighted by atomic mass is 15.1. The standard InChI is InChI=1S/C13H19N.C7H7N3.C6H15N/c1-2-3-4-8-11-14-12-13-9-6-5-7-10-13;8-10-9-6-7-4-2-1-3-5-7;1-2-3-4-5-6-7/h5-7,9-10,12H,2-4,8,11H2,1H3;1-5H,6H2;2-7H2,1H3. The minimum Gasteiger partial charge on any atom is -0.330 e. The Hall–Kier alpha value is -2.62. The van der Waals surface area contributed by atoms with Gasteiger partial charge in [0, 0.05) is 17.7 Å². The third-order valence-corrected chi connectivity index (χ3v) is 4.40. The van der Waals surface area contributed by atoms with Crippen LogP contribution in [0.2, 0.25) is 0 Å². The van der Waals surface area contributed by atoms with Crippen molar-refractivity contribution < 1.29 is 0 Å². The fourth-order valence-electron chi connectivity index (χ4n) is 2.61. The molecule has 0 fully saturated rings. The summed E-state index contributed by atoms with van der Waals surface area (Å²) in [6.45, 7) is 6.70. The summed E-state index contributed by atoms with van der Waals surface area (Å²) in [6.07, 6.45) is 12.3. The largest absolute Gasteiger partial charge is 0.330 e. The van der Waals surface area contributed by atoms with Crippen molar-refractivity contribution in [1.29, 1.82) is 0 Å². The normalized spacial score (nSPS) is 9.77. The average molecular weight is 424 g/mol. The molecule has 0 aromatic heterocycles. The zero-order valence-corrected chi connectivity index (χ0v) is 19.5. The predicted octanol–water partition coefficient (Wildman–Crippen LogP) is 7.71. The molecular formula is C26H41N5. The van der Waals surface area contributed by atoms with Gasteiger partial charge in [0.2, 0.25) is 0 Å². The second kappa shape index (κ2) is 23.7. The van der Waals surface area contributed by atoms with E-state index in [-0.39, 0.29) is 0 Å². The van der Waals surface area contributed by atoms with E-state index in [1.807, 2.05) is 54.7 Å². The first kappa shape index (κ1) is 28.4. The van der Waals surface area contributed by atoms with Crippen molar-refractivity contribution in [3.8, 4) is 0 Å². The van der Waals surface area contributed by atoms with Crippen LogP contribution in [0.3, 0.4) is 0 Å². The molecule has 2 N–H and O–H groups in total. The Kier molecular flexibility index (Phi) is 21.7. The molecular weight excluding hydrogens is 382 g/mol. The molecule has 31 heavy (non-hydrogen) atoms. The Morgan fingerprint density at radius 2 is 1.39 bits per heavy atom. The van der Waals surface area contributed by atoms with E-state index in [2.05, 4.69) is 41.0 Å². The third-order valence-electron chi connectivity index (χ3n) is 4.40. The van der Waals surface area contributed by atoms with E-state index >= 15 is 0 Å². The van der Waals surface area contributed by atoms with Gasteiger partial charge in [0.1, 0.15) is 0 Å². The summed E-state index contributed by atoms with van der Waals surface area (Å²) in [5.41, 5.74) is 15.5. The highest BCUT2D eigenvalue weighted by molar-refractivity contribution is 5.79. The third kappa shape index (κ3) is 20.4. The summed E-state index contributed by atoms with van der Waals surface area (Å²) in [5, 5.41) is 3.42. The molecule has 2 rings (SSSR count). The molecule has 0 aliphatic carbocycles. The second-order valence-electron chi connectivity index (χ2n) is 7.23. The summed E-state index contributed by atoms with van der Waals surface area (Å²) >= 11 is 0. The summed E-state index contributed by atoms with van der Waals surface area (Å²) in [5.74, 6) is 0. The molecule has 0 atom stereocenters. The highest BCUT2D eigenvalue weighted by Crippen LogP contribution is 2.00. The van der Waals surface area contributed by atoms with Crippen molar-refractivity contribution in [2.45, 2.75) is 71.8 Å². The summed E-state index contributed by atoms with van der Waals surface area (Å²) in [6, 6.07) is 19.9. The van der Waals surface area contributed by atoms with Crippen LogP contribution in [0, 0.1) is 0 Å². The first-order chi connectivity index (χ1) is 15.3. The summed E-state index contributed by atoms with van der Waals surface area (Å²) in [4.78, 5) is 7.04. The highest BCUT2D eigenvalue weighted by Gasteiger charge is 1.86. The number of aliphatic imine (C=N–C) groups is 1. The molecule has 0 aliphatic rings. The Morgan fingerprint density at radius 1 is 0.806 bits per heavy atom. The number of benzene rings is 2. The predicted molar refractivity (Wildman–Crippen MR) is 136 cm³/mol. The van der Waals surface area contributed by atoms with E-state index in [0.717, 1.165) is 18.7 Å². The number of rotatable bonds is 12. The Balaban J connectivity index is 0.000000465. The monoisotopic (exact) mass is 423 g/mol. The maximum absolute atomic E-state index is 7.99. The van der Waals surface area contributed by atoms with Crippen LogP contribution in [-0.2, 0) is 6.54 Å². The van der Waals surface area contributed by atoms with Gasteiger partial charge in [-0.1, -0.05) is 118 Å². The van der Waals surface area contributed by atoms with Crippen LogP contribution in [0.25, 0.3) is 10.4 Å². The van der Waals surface area contributed by atoms with E-state index in [0.29, 0.717) is 6.54 Å². The number of azide groups is 1. The minimum absolute atomic E-state index is 0.442. The molecule has 0 spiro atoms. The maximum atomic E-state index is 7.99. The van der Waals surface area contributed by atoms with Crippen LogP contribution in [-0.4, -0.2) is 19.3 Å². The van der Waals surface area contributed by atoms with Gasteiger partial charge in [-0.15, -0.1) is 0 Å². The van der Waals surface area contributed by atoms with Gasteiger partial charge >= 0.3 is 0 Å². The van der Waals surface area contributed by atoms with Crippen molar-refractivity contribution >= 4 is 6.21 Å². The topological polar surface area (TPSA) is 87.1 Å². The number of hydrogen-bond donors (Lipinski definition) is 1. The molecule has 0 unspecified atom stereocenters. The zero-order chi connectivity index (χ0) is 22.8. The van der Waals surface area contributed by atoms with E-state index < -0.39 is 0 Å². The van der Waals surface area contributed by atoms with Crippen LogP contribution in [0.15, 0.2) is 70.8 Å². The van der Waals surface area contributed by atoms with Crippen molar-refractivity contribution in [1.82, 2.24) is 0 Å². The molecule has 170 valence electrons. The van der Waals surface area contributed by atoms with E-state index in [1.54, 1.807) is 0 Å². The number of unbranched alkanes of at least 4 members (excludes halogenated alkanes) is 6. The molecule has 0 saturated heterocycles. The van der Waals surface area contributed by atoms with Crippen LogP contribution in [0.4, 0.5) is 0 Å². The van der Waals surface area contributed by atoms with E-state index in [4.69, 9.17) is 11.3 Å². The van der Waals surface area contributed by atoms with Crippen LogP contribution in [0.5, 0.6) is 0 Å². The fraction of sp³-hybridized carbons (Fsp3) is 0.500. The van der Waals surface area contributed by atoms with E-state index in [9.17, 15) is 0 Å². The van der Waals surface area contributed by atoms with Gasteiger partial charge in [-0.3, -0.25) is 4.99 Å². The van der Waals surface area contributed by atoms with Crippen LogP contribution in [0.1, 0.15) is 76.3 Å². The SMILES string of the molecule is CCCCCCN.CCCCCCN=Cc1ccccc1.[N-]=[N+]=NCc1ccccc1. The number of nitrogens with zero attached hydrogens (tertiary/aromatic N) is 4. The van der Waals surface area contributed by atoms with Gasteiger partial charge in [-0.2, -0.15) is 0 Å². The first-order valence-electron chi connectivity index (χ1n) is 11.6. The maximum Gasteiger partial charge on any atom is 0.0510 e. The lowest BCUT2D eigenvalue weighted by atomic mass is 10.2. The minimum atomic E-state index is 0.442. The van der Waals surface area contributed by atoms with Crippen molar-refractivity contribution in [2.75, 3.05) is 13.1 Å². The number of nitrogens with two attached hydrogens (primary N) is 1. The second-order valence-corrected chi connectivity index (χ2v) is 7.23. The first-order valence-corrected chi connectivity index (χ1v) is 11.6. The van der Waals surface area contributed by atoms with Gasteiger partial charge in [0.05, 0.1) is 6.54 Å². The van der Waals surface area contributed by atoms with Crippen LogP contribution >= 0.6 is 0 Å². The molecule has 0 amide bonds. The lowest BCUT2D eigenvalue weighted by molar-refractivity contribution is 0.674. The molecule has 2 aromatic rings.